The number of sulfonamides is 1. The minimum absolute atomic E-state index is 0.0566. The number of H-pyrrole nitrogens is 1. The molecule has 3 aromatic rings. The SMILES string of the molecule is CCCOc1ncc(S(=O)(=O)N2CCN(CC)CC2)cc1-c1nc2c3n(nc2c(=O)[nH]1)CCCC3. The van der Waals surface area contributed by atoms with E-state index < -0.39 is 10.0 Å². The number of rotatable bonds is 7. The van der Waals surface area contributed by atoms with Crippen LogP contribution < -0.4 is 10.3 Å². The predicted molar refractivity (Wildman–Crippen MR) is 131 cm³/mol. The van der Waals surface area contributed by atoms with Crippen molar-refractivity contribution in [2.24, 2.45) is 0 Å². The smallest absolute Gasteiger partial charge is 0.279 e. The standard InChI is InChI=1S/C23H31N7O4S/c1-3-13-34-23-17(14-16(15-24-23)35(32,33)29-11-9-28(4-2)10-12-29)21-25-19-18-7-5-6-8-30(18)27-20(19)22(31)26-21/h14-15H,3-13H2,1-2H3,(H,25,26,31). The van der Waals surface area contributed by atoms with Crippen LogP contribution in [0.15, 0.2) is 22.0 Å². The molecule has 1 fully saturated rings. The number of aryl methyl sites for hydroxylation is 2. The Morgan fingerprint density at radius 2 is 1.89 bits per heavy atom. The van der Waals surface area contributed by atoms with Gasteiger partial charge in [-0.1, -0.05) is 13.8 Å². The molecular weight excluding hydrogens is 470 g/mol. The first-order chi connectivity index (χ1) is 16.9. The first kappa shape index (κ1) is 23.9. The second kappa shape index (κ2) is 9.67. The molecule has 0 aliphatic carbocycles. The molecule has 11 nitrogen and oxygen atoms in total. The Kier molecular flexibility index (Phi) is 6.60. The van der Waals surface area contributed by atoms with Crippen LogP contribution >= 0.6 is 0 Å². The highest BCUT2D eigenvalue weighted by atomic mass is 32.2. The van der Waals surface area contributed by atoms with E-state index in [0.717, 1.165) is 44.5 Å². The van der Waals surface area contributed by atoms with E-state index in [-0.39, 0.29) is 22.2 Å². The van der Waals surface area contributed by atoms with Crippen LogP contribution in [0.3, 0.4) is 0 Å². The Morgan fingerprint density at radius 3 is 2.63 bits per heavy atom. The van der Waals surface area contributed by atoms with Crippen molar-refractivity contribution in [2.75, 3.05) is 39.3 Å². The summed E-state index contributed by atoms with van der Waals surface area (Å²) in [5, 5.41) is 4.45. The van der Waals surface area contributed by atoms with Gasteiger partial charge in [-0.15, -0.1) is 0 Å². The summed E-state index contributed by atoms with van der Waals surface area (Å²) >= 11 is 0. The number of hydrogen-bond donors (Lipinski definition) is 1. The lowest BCUT2D eigenvalue weighted by Gasteiger charge is -2.33. The van der Waals surface area contributed by atoms with E-state index in [4.69, 9.17) is 9.72 Å². The fourth-order valence-electron chi connectivity index (χ4n) is 4.67. The van der Waals surface area contributed by atoms with E-state index in [9.17, 15) is 13.2 Å². The number of aromatic amines is 1. The van der Waals surface area contributed by atoms with Crippen molar-refractivity contribution >= 4 is 21.1 Å². The first-order valence-electron chi connectivity index (χ1n) is 12.3. The molecule has 3 aromatic heterocycles. The van der Waals surface area contributed by atoms with Crippen molar-refractivity contribution in [1.82, 2.24) is 33.9 Å². The zero-order chi connectivity index (χ0) is 24.6. The maximum Gasteiger partial charge on any atom is 0.279 e. The van der Waals surface area contributed by atoms with E-state index in [1.807, 2.05) is 11.6 Å². The van der Waals surface area contributed by atoms with Crippen LogP contribution in [0.4, 0.5) is 0 Å². The van der Waals surface area contributed by atoms with E-state index in [1.165, 1.54) is 16.6 Å². The third-order valence-electron chi connectivity index (χ3n) is 6.67. The predicted octanol–water partition coefficient (Wildman–Crippen LogP) is 1.63. The van der Waals surface area contributed by atoms with Gasteiger partial charge in [-0.2, -0.15) is 9.40 Å². The van der Waals surface area contributed by atoms with Gasteiger partial charge in [-0.25, -0.2) is 18.4 Å². The number of hydrogen-bond acceptors (Lipinski definition) is 8. The minimum Gasteiger partial charge on any atom is -0.477 e. The summed E-state index contributed by atoms with van der Waals surface area (Å²) in [6, 6.07) is 1.51. The largest absolute Gasteiger partial charge is 0.477 e. The molecule has 0 unspecified atom stereocenters. The summed E-state index contributed by atoms with van der Waals surface area (Å²) < 4.78 is 36.0. The molecule has 1 N–H and O–H groups in total. The van der Waals surface area contributed by atoms with Crippen LogP contribution in [0, 0.1) is 0 Å². The van der Waals surface area contributed by atoms with Crippen LogP contribution in [0.25, 0.3) is 22.4 Å². The van der Waals surface area contributed by atoms with Crippen molar-refractivity contribution in [3.63, 3.8) is 0 Å². The second-order valence-electron chi connectivity index (χ2n) is 8.95. The normalized spacial score (nSPS) is 17.5. The number of aromatic nitrogens is 5. The summed E-state index contributed by atoms with van der Waals surface area (Å²) in [5.41, 5.74) is 1.76. The first-order valence-corrected chi connectivity index (χ1v) is 13.7. The van der Waals surface area contributed by atoms with Gasteiger partial charge in [0.05, 0.1) is 24.1 Å². The fourth-order valence-corrected chi connectivity index (χ4v) is 6.07. The van der Waals surface area contributed by atoms with Gasteiger partial charge in [0.1, 0.15) is 16.2 Å². The highest BCUT2D eigenvalue weighted by Crippen LogP contribution is 2.31. The molecule has 5 rings (SSSR count). The van der Waals surface area contributed by atoms with Gasteiger partial charge in [0.15, 0.2) is 5.52 Å². The lowest BCUT2D eigenvalue weighted by molar-refractivity contribution is 0.196. The quantitative estimate of drug-likeness (QED) is 0.518. The monoisotopic (exact) mass is 501 g/mol. The third kappa shape index (κ3) is 4.45. The number of fused-ring (bicyclic) bond motifs is 3. The average molecular weight is 502 g/mol. The van der Waals surface area contributed by atoms with Gasteiger partial charge in [-0.05, 0) is 38.3 Å². The van der Waals surface area contributed by atoms with Gasteiger partial charge in [0, 0.05) is 32.7 Å². The van der Waals surface area contributed by atoms with E-state index in [1.54, 1.807) is 0 Å². The number of likely N-dealkylation sites (N-methyl/N-ethyl adjacent to an activating group) is 1. The Balaban J connectivity index is 1.59. The lowest BCUT2D eigenvalue weighted by atomic mass is 10.1. The van der Waals surface area contributed by atoms with E-state index in [0.29, 0.717) is 49.4 Å². The molecule has 2 aliphatic rings. The minimum atomic E-state index is -3.77. The Hall–Kier alpha value is -2.83. The number of piperazine rings is 1. The van der Waals surface area contributed by atoms with Gasteiger partial charge < -0.3 is 14.6 Å². The topological polar surface area (TPSA) is 126 Å². The lowest BCUT2D eigenvalue weighted by Crippen LogP contribution is -2.48. The molecule has 5 heterocycles. The molecule has 0 aromatic carbocycles. The summed E-state index contributed by atoms with van der Waals surface area (Å²) in [5.74, 6) is 0.473. The van der Waals surface area contributed by atoms with Crippen LogP contribution in [-0.4, -0.2) is 81.7 Å². The second-order valence-corrected chi connectivity index (χ2v) is 10.9. The molecule has 35 heavy (non-hydrogen) atoms. The van der Waals surface area contributed by atoms with E-state index >= 15 is 0 Å². The van der Waals surface area contributed by atoms with Crippen LogP contribution in [-0.2, 0) is 23.0 Å². The maximum absolute atomic E-state index is 13.4. The molecule has 0 spiro atoms. The number of ether oxygens (including phenoxy) is 1. The highest BCUT2D eigenvalue weighted by Gasteiger charge is 2.30. The molecule has 188 valence electrons. The highest BCUT2D eigenvalue weighted by molar-refractivity contribution is 7.89. The average Bonchev–Trinajstić information content (AvgIpc) is 3.27. The molecule has 1 saturated heterocycles. The van der Waals surface area contributed by atoms with Gasteiger partial charge in [0.2, 0.25) is 15.9 Å². The zero-order valence-electron chi connectivity index (χ0n) is 20.2. The summed E-state index contributed by atoms with van der Waals surface area (Å²) in [7, 11) is -3.77. The van der Waals surface area contributed by atoms with Crippen molar-refractivity contribution in [3.05, 3.63) is 28.3 Å². The number of pyridine rings is 1. The van der Waals surface area contributed by atoms with Crippen molar-refractivity contribution in [1.29, 1.82) is 0 Å². The maximum atomic E-state index is 13.4. The zero-order valence-corrected chi connectivity index (χ0v) is 21.0. The van der Waals surface area contributed by atoms with Crippen LogP contribution in [0.5, 0.6) is 5.88 Å². The fraction of sp³-hybridized carbons (Fsp3) is 0.565. The third-order valence-corrected chi connectivity index (χ3v) is 8.54. The van der Waals surface area contributed by atoms with E-state index in [2.05, 4.69) is 26.9 Å². The van der Waals surface area contributed by atoms with Crippen LogP contribution in [0.2, 0.25) is 0 Å². The molecule has 0 saturated carbocycles. The molecule has 0 bridgehead atoms. The van der Waals surface area contributed by atoms with Crippen LogP contribution in [0.1, 0.15) is 38.8 Å². The summed E-state index contributed by atoms with van der Waals surface area (Å²) in [4.78, 5) is 27.1. The summed E-state index contributed by atoms with van der Waals surface area (Å²) in [6.07, 6.45) is 4.90. The van der Waals surface area contributed by atoms with Crippen molar-refractivity contribution in [2.45, 2.75) is 51.0 Å². The van der Waals surface area contributed by atoms with Gasteiger partial charge >= 0.3 is 0 Å². The molecule has 0 amide bonds. The van der Waals surface area contributed by atoms with Crippen molar-refractivity contribution < 1.29 is 13.2 Å². The Bertz CT molecular complexity index is 1390. The number of nitrogens with one attached hydrogen (secondary N) is 1. The summed E-state index contributed by atoms with van der Waals surface area (Å²) in [6.45, 7) is 8.30. The molecule has 2 aliphatic heterocycles. The molecule has 0 radical (unpaired) electrons. The van der Waals surface area contributed by atoms with Gasteiger partial charge in [-0.3, -0.25) is 9.48 Å². The Labute approximate surface area is 204 Å². The Morgan fingerprint density at radius 1 is 1.09 bits per heavy atom. The van der Waals surface area contributed by atoms with Crippen molar-refractivity contribution in [3.8, 4) is 17.3 Å². The molecular formula is C23H31N7O4S. The molecule has 0 atom stereocenters. The van der Waals surface area contributed by atoms with Gasteiger partial charge in [0.25, 0.3) is 5.56 Å². The molecule has 12 heteroatoms. The number of nitrogens with zero attached hydrogens (tertiary/aromatic N) is 6.